The fourth-order valence-electron chi connectivity index (χ4n) is 2.85. The molecule has 0 bridgehead atoms. The van der Waals surface area contributed by atoms with Crippen LogP contribution in [0.4, 0.5) is 5.13 Å². The molecule has 33 heavy (non-hydrogen) atoms. The Morgan fingerprint density at radius 3 is 2.27 bits per heavy atom. The van der Waals surface area contributed by atoms with Crippen molar-refractivity contribution in [3.63, 3.8) is 0 Å². The van der Waals surface area contributed by atoms with Crippen molar-refractivity contribution in [1.29, 1.82) is 0 Å². The Labute approximate surface area is 201 Å². The van der Waals surface area contributed by atoms with Crippen LogP contribution in [0.2, 0.25) is 5.02 Å². The van der Waals surface area contributed by atoms with E-state index in [4.69, 9.17) is 21.1 Å². The van der Waals surface area contributed by atoms with Gasteiger partial charge in [-0.1, -0.05) is 41.1 Å². The molecule has 1 N–H and O–H groups in total. The van der Waals surface area contributed by atoms with Gasteiger partial charge in [0.15, 0.2) is 5.01 Å². The predicted molar refractivity (Wildman–Crippen MR) is 127 cm³/mol. The fourth-order valence-corrected chi connectivity index (χ4v) is 5.32. The van der Waals surface area contributed by atoms with E-state index in [1.807, 2.05) is 18.2 Å². The maximum atomic E-state index is 13.0. The van der Waals surface area contributed by atoms with Crippen LogP contribution in [0.1, 0.15) is 10.4 Å². The van der Waals surface area contributed by atoms with Crippen molar-refractivity contribution >= 4 is 44.0 Å². The van der Waals surface area contributed by atoms with Gasteiger partial charge in [-0.05, 0) is 30.3 Å². The lowest BCUT2D eigenvalue weighted by atomic mass is 10.2. The van der Waals surface area contributed by atoms with Crippen molar-refractivity contribution < 1.29 is 22.7 Å². The highest BCUT2D eigenvalue weighted by atomic mass is 35.5. The normalized spacial score (nSPS) is 11.6. The number of carbonyl (C=O) groups excluding carboxylic acids is 1. The van der Waals surface area contributed by atoms with Crippen molar-refractivity contribution in [2.75, 3.05) is 45.8 Å². The van der Waals surface area contributed by atoms with E-state index in [2.05, 4.69) is 15.5 Å². The van der Waals surface area contributed by atoms with Gasteiger partial charge >= 0.3 is 0 Å². The Bertz CT molecular complexity index is 1180. The quantitative estimate of drug-likeness (QED) is 0.421. The summed E-state index contributed by atoms with van der Waals surface area (Å²) in [7, 11) is -0.762. The van der Waals surface area contributed by atoms with E-state index in [1.54, 1.807) is 6.07 Å². The number of hydrogen-bond acceptors (Lipinski definition) is 8. The lowest BCUT2D eigenvalue weighted by Crippen LogP contribution is -2.36. The number of methoxy groups -OCH3 is 2. The summed E-state index contributed by atoms with van der Waals surface area (Å²) in [4.78, 5) is 12.7. The van der Waals surface area contributed by atoms with E-state index >= 15 is 0 Å². The number of sulfonamides is 1. The Morgan fingerprint density at radius 2 is 1.67 bits per heavy atom. The van der Waals surface area contributed by atoms with Gasteiger partial charge in [-0.25, -0.2) is 8.42 Å². The van der Waals surface area contributed by atoms with Crippen molar-refractivity contribution in [1.82, 2.24) is 14.5 Å². The van der Waals surface area contributed by atoms with E-state index in [1.165, 1.54) is 54.1 Å². The second-order valence-corrected chi connectivity index (χ2v) is 10.1. The minimum atomic E-state index is -3.77. The van der Waals surface area contributed by atoms with Crippen LogP contribution in [-0.4, -0.2) is 69.4 Å². The van der Waals surface area contributed by atoms with E-state index < -0.39 is 15.9 Å². The van der Waals surface area contributed by atoms with Gasteiger partial charge < -0.3 is 9.47 Å². The molecule has 0 saturated heterocycles. The van der Waals surface area contributed by atoms with Crippen molar-refractivity contribution in [2.24, 2.45) is 0 Å². The summed E-state index contributed by atoms with van der Waals surface area (Å²) >= 11 is 7.37. The second-order valence-electron chi connectivity index (χ2n) is 6.76. The molecule has 0 radical (unpaired) electrons. The average molecular weight is 511 g/mol. The molecule has 0 atom stereocenters. The SMILES string of the molecule is COCCN(CCOC)S(=O)(=O)c1ccc(C(=O)Nc2nnc(-c3ccccc3Cl)s2)cc1. The first kappa shape index (κ1) is 25.2. The zero-order valence-electron chi connectivity index (χ0n) is 18.0. The third-order valence-electron chi connectivity index (χ3n) is 4.59. The van der Waals surface area contributed by atoms with Crippen molar-refractivity contribution in [2.45, 2.75) is 4.90 Å². The Kier molecular flexibility index (Phi) is 8.89. The van der Waals surface area contributed by atoms with Crippen LogP contribution in [0.25, 0.3) is 10.6 Å². The van der Waals surface area contributed by atoms with Gasteiger partial charge in [0.2, 0.25) is 15.2 Å². The third kappa shape index (κ3) is 6.34. The monoisotopic (exact) mass is 510 g/mol. The minimum Gasteiger partial charge on any atom is -0.383 e. The summed E-state index contributed by atoms with van der Waals surface area (Å²) in [5, 5.41) is 12.1. The molecule has 3 rings (SSSR count). The molecule has 3 aromatic rings. The number of carbonyl (C=O) groups is 1. The van der Waals surface area contributed by atoms with Gasteiger partial charge in [-0.15, -0.1) is 10.2 Å². The molecule has 1 amide bonds. The third-order valence-corrected chi connectivity index (χ3v) is 7.71. The second kappa shape index (κ2) is 11.6. The van der Waals surface area contributed by atoms with E-state index in [0.717, 1.165) is 5.56 Å². The number of amides is 1. The Hall–Kier alpha value is -2.41. The predicted octanol–water partition coefficient (Wildman–Crippen LogP) is 3.39. The van der Waals surface area contributed by atoms with Gasteiger partial charge in [-0.3, -0.25) is 10.1 Å². The van der Waals surface area contributed by atoms with Crippen LogP contribution >= 0.6 is 22.9 Å². The molecule has 12 heteroatoms. The summed E-state index contributed by atoms with van der Waals surface area (Å²) in [6.45, 7) is 0.882. The standard InChI is InChI=1S/C21H23ClN4O5S2/c1-30-13-11-26(12-14-31-2)33(28,29)16-9-7-15(8-10-16)19(27)23-21-25-24-20(32-21)17-5-3-4-6-18(17)22/h3-10H,11-14H2,1-2H3,(H,23,25,27). The Balaban J connectivity index is 1.71. The van der Waals surface area contributed by atoms with E-state index in [0.29, 0.717) is 15.2 Å². The zero-order valence-corrected chi connectivity index (χ0v) is 20.4. The van der Waals surface area contributed by atoms with Gasteiger partial charge in [0, 0.05) is 38.4 Å². The van der Waals surface area contributed by atoms with E-state index in [9.17, 15) is 13.2 Å². The maximum absolute atomic E-state index is 13.0. The van der Waals surface area contributed by atoms with Crippen LogP contribution in [-0.2, 0) is 19.5 Å². The number of hydrogen-bond donors (Lipinski definition) is 1. The maximum Gasteiger partial charge on any atom is 0.257 e. The molecule has 9 nitrogen and oxygen atoms in total. The molecule has 0 aliphatic heterocycles. The van der Waals surface area contributed by atoms with Crippen LogP contribution in [0.3, 0.4) is 0 Å². The number of nitrogens with zero attached hydrogens (tertiary/aromatic N) is 3. The molecule has 0 fully saturated rings. The first-order chi connectivity index (χ1) is 15.9. The molecule has 176 valence electrons. The van der Waals surface area contributed by atoms with Crippen LogP contribution < -0.4 is 5.32 Å². The van der Waals surface area contributed by atoms with Crippen LogP contribution in [0.15, 0.2) is 53.4 Å². The van der Waals surface area contributed by atoms with Gasteiger partial charge in [0.05, 0.1) is 23.1 Å². The summed E-state index contributed by atoms with van der Waals surface area (Å²) in [5.74, 6) is -0.434. The van der Waals surface area contributed by atoms with Crippen molar-refractivity contribution in [3.05, 3.63) is 59.1 Å². The van der Waals surface area contributed by atoms with Gasteiger partial charge in [-0.2, -0.15) is 4.31 Å². The highest BCUT2D eigenvalue weighted by Crippen LogP contribution is 2.31. The number of ether oxygens (including phenoxy) is 2. The topological polar surface area (TPSA) is 111 Å². The highest BCUT2D eigenvalue weighted by molar-refractivity contribution is 7.89. The largest absolute Gasteiger partial charge is 0.383 e. The number of rotatable bonds is 11. The number of anilines is 1. The lowest BCUT2D eigenvalue weighted by molar-refractivity contribution is 0.102. The van der Waals surface area contributed by atoms with Crippen LogP contribution in [0, 0.1) is 0 Å². The smallest absolute Gasteiger partial charge is 0.257 e. The molecule has 0 unspecified atom stereocenters. The summed E-state index contributed by atoms with van der Waals surface area (Å²) in [6, 6.07) is 12.9. The molecular formula is C21H23ClN4O5S2. The fraction of sp³-hybridized carbons (Fsp3) is 0.286. The molecule has 1 aromatic heterocycles. The lowest BCUT2D eigenvalue weighted by Gasteiger charge is -2.21. The molecule has 0 spiro atoms. The molecular weight excluding hydrogens is 488 g/mol. The van der Waals surface area contributed by atoms with Crippen LogP contribution in [0.5, 0.6) is 0 Å². The van der Waals surface area contributed by atoms with Gasteiger partial charge in [0.1, 0.15) is 0 Å². The Morgan fingerprint density at radius 1 is 1.03 bits per heavy atom. The number of benzene rings is 2. The summed E-state index contributed by atoms with van der Waals surface area (Å²) in [6.07, 6.45) is 0. The zero-order chi connectivity index (χ0) is 23.8. The van der Waals surface area contributed by atoms with Crippen molar-refractivity contribution in [3.8, 4) is 10.6 Å². The van der Waals surface area contributed by atoms with E-state index in [-0.39, 0.29) is 36.8 Å². The number of nitrogens with one attached hydrogen (secondary N) is 1. The molecule has 0 saturated carbocycles. The number of halogens is 1. The van der Waals surface area contributed by atoms with Gasteiger partial charge in [0.25, 0.3) is 5.91 Å². The molecule has 1 heterocycles. The average Bonchev–Trinajstić information content (AvgIpc) is 3.27. The minimum absolute atomic E-state index is 0.0724. The summed E-state index contributed by atoms with van der Waals surface area (Å²) in [5.41, 5.74) is 1.00. The molecule has 2 aromatic carbocycles. The first-order valence-electron chi connectivity index (χ1n) is 9.84. The summed E-state index contributed by atoms with van der Waals surface area (Å²) < 4.78 is 37.2. The molecule has 0 aliphatic rings. The molecule has 0 aliphatic carbocycles. The first-order valence-corrected chi connectivity index (χ1v) is 12.5. The number of aromatic nitrogens is 2. The highest BCUT2D eigenvalue weighted by Gasteiger charge is 2.24.